The molecule has 6 heteroatoms. The van der Waals surface area contributed by atoms with Crippen LogP contribution >= 0.6 is 7.82 Å². The fourth-order valence-corrected chi connectivity index (χ4v) is 2.27. The van der Waals surface area contributed by atoms with E-state index in [-0.39, 0.29) is 0 Å². The van der Waals surface area contributed by atoms with Gasteiger partial charge in [-0.1, -0.05) is 60.7 Å². The van der Waals surface area contributed by atoms with E-state index in [1.165, 1.54) is 0 Å². The van der Waals surface area contributed by atoms with Crippen molar-refractivity contribution in [3.63, 3.8) is 0 Å². The molecule has 2 N–H and O–H groups in total. The van der Waals surface area contributed by atoms with Crippen LogP contribution in [0, 0.1) is 0 Å². The van der Waals surface area contributed by atoms with E-state index in [0.717, 1.165) is 0 Å². The average Bonchev–Trinajstić information content (AvgIpc) is 2.45. The highest BCUT2D eigenvalue weighted by atomic mass is 31.2. The van der Waals surface area contributed by atoms with Crippen molar-refractivity contribution in [2.24, 2.45) is 0 Å². The molecule has 2 aromatic carbocycles. The van der Waals surface area contributed by atoms with Gasteiger partial charge in [0.15, 0.2) is 11.9 Å². The van der Waals surface area contributed by atoms with Crippen molar-refractivity contribution in [1.29, 1.82) is 0 Å². The lowest BCUT2D eigenvalue weighted by molar-refractivity contribution is 0.0711. The SMILES string of the molecule is O=C(c1ccccc1)[C@H](OP(=O)(O)O)c1ccccc1. The molecule has 0 aliphatic carbocycles. The van der Waals surface area contributed by atoms with Crippen LogP contribution in [0.5, 0.6) is 0 Å². The van der Waals surface area contributed by atoms with Crippen molar-refractivity contribution < 1.29 is 23.7 Å². The molecule has 1 atom stereocenters. The van der Waals surface area contributed by atoms with Crippen LogP contribution in [0.4, 0.5) is 0 Å². The molecule has 0 radical (unpaired) electrons. The van der Waals surface area contributed by atoms with E-state index in [4.69, 9.17) is 9.79 Å². The van der Waals surface area contributed by atoms with Crippen LogP contribution < -0.4 is 0 Å². The van der Waals surface area contributed by atoms with Crippen LogP contribution in [-0.4, -0.2) is 15.6 Å². The van der Waals surface area contributed by atoms with E-state index in [1.807, 2.05) is 0 Å². The number of carbonyl (C=O) groups is 1. The van der Waals surface area contributed by atoms with Gasteiger partial charge in [0.2, 0.25) is 0 Å². The molecule has 0 amide bonds. The lowest BCUT2D eigenvalue weighted by Crippen LogP contribution is -2.15. The average molecular weight is 292 g/mol. The number of rotatable bonds is 5. The first-order chi connectivity index (χ1) is 9.47. The van der Waals surface area contributed by atoms with Gasteiger partial charge in [-0.25, -0.2) is 4.57 Å². The highest BCUT2D eigenvalue weighted by molar-refractivity contribution is 7.46. The summed E-state index contributed by atoms with van der Waals surface area (Å²) in [5, 5.41) is 0. The van der Waals surface area contributed by atoms with E-state index >= 15 is 0 Å². The highest BCUT2D eigenvalue weighted by Crippen LogP contribution is 2.43. The molecule has 0 fully saturated rings. The molecule has 0 heterocycles. The first-order valence-corrected chi connectivity index (χ1v) is 7.38. The maximum absolute atomic E-state index is 12.4. The zero-order valence-corrected chi connectivity index (χ0v) is 11.3. The number of phosphoric acid groups is 1. The zero-order valence-electron chi connectivity index (χ0n) is 10.4. The van der Waals surface area contributed by atoms with E-state index in [2.05, 4.69) is 4.52 Å². The molecule has 0 unspecified atom stereocenters. The molecule has 2 aromatic rings. The van der Waals surface area contributed by atoms with Crippen LogP contribution in [0.1, 0.15) is 22.0 Å². The van der Waals surface area contributed by atoms with Crippen molar-refractivity contribution in [2.75, 3.05) is 0 Å². The van der Waals surface area contributed by atoms with Gasteiger partial charge in [-0.15, -0.1) is 0 Å². The zero-order chi connectivity index (χ0) is 14.6. The van der Waals surface area contributed by atoms with E-state index in [0.29, 0.717) is 11.1 Å². The predicted octanol–water partition coefficient (Wildman–Crippen LogP) is 2.72. The van der Waals surface area contributed by atoms with Crippen LogP contribution in [0.3, 0.4) is 0 Å². The van der Waals surface area contributed by atoms with Crippen LogP contribution in [0.15, 0.2) is 60.7 Å². The van der Waals surface area contributed by atoms with Crippen LogP contribution in [0.25, 0.3) is 0 Å². The van der Waals surface area contributed by atoms with Gasteiger partial charge in [0.05, 0.1) is 0 Å². The third-order valence-electron chi connectivity index (χ3n) is 2.64. The normalized spacial score (nSPS) is 12.9. The quantitative estimate of drug-likeness (QED) is 0.654. The van der Waals surface area contributed by atoms with Gasteiger partial charge in [0.25, 0.3) is 0 Å². The molecule has 20 heavy (non-hydrogen) atoms. The number of phosphoric ester groups is 1. The molecular weight excluding hydrogens is 279 g/mol. The van der Waals surface area contributed by atoms with Crippen molar-refractivity contribution in [2.45, 2.75) is 6.10 Å². The number of benzene rings is 2. The Labute approximate surface area is 116 Å². The third-order valence-corrected chi connectivity index (χ3v) is 3.13. The minimum Gasteiger partial charge on any atom is -0.303 e. The Morgan fingerprint density at radius 1 is 0.950 bits per heavy atom. The number of hydrogen-bond donors (Lipinski definition) is 2. The van der Waals surface area contributed by atoms with Crippen LogP contribution in [0.2, 0.25) is 0 Å². The summed E-state index contributed by atoms with van der Waals surface area (Å²) in [6.45, 7) is 0. The first kappa shape index (κ1) is 14.6. The molecule has 0 spiro atoms. The van der Waals surface area contributed by atoms with Crippen LogP contribution in [-0.2, 0) is 9.09 Å². The lowest BCUT2D eigenvalue weighted by atomic mass is 10.0. The van der Waals surface area contributed by atoms with Gasteiger partial charge in [-0.2, -0.15) is 0 Å². The van der Waals surface area contributed by atoms with Crippen molar-refractivity contribution >= 4 is 13.6 Å². The summed E-state index contributed by atoms with van der Waals surface area (Å²) >= 11 is 0. The second-order valence-corrected chi connectivity index (χ2v) is 5.31. The Balaban J connectivity index is 2.37. The molecule has 104 valence electrons. The largest absolute Gasteiger partial charge is 0.470 e. The van der Waals surface area contributed by atoms with Gasteiger partial charge in [0.1, 0.15) is 0 Å². The molecule has 5 nitrogen and oxygen atoms in total. The van der Waals surface area contributed by atoms with Crippen molar-refractivity contribution in [3.05, 3.63) is 71.8 Å². The molecule has 0 saturated carbocycles. The van der Waals surface area contributed by atoms with Gasteiger partial charge >= 0.3 is 7.82 Å². The van der Waals surface area contributed by atoms with E-state index in [9.17, 15) is 9.36 Å². The van der Waals surface area contributed by atoms with E-state index in [1.54, 1.807) is 60.7 Å². The van der Waals surface area contributed by atoms with Gasteiger partial charge in [-0.05, 0) is 5.56 Å². The Kier molecular flexibility index (Phi) is 4.47. The number of ketones is 1. The molecule has 0 aliphatic heterocycles. The van der Waals surface area contributed by atoms with Gasteiger partial charge < -0.3 is 9.79 Å². The summed E-state index contributed by atoms with van der Waals surface area (Å²) in [4.78, 5) is 30.3. The summed E-state index contributed by atoms with van der Waals surface area (Å²) < 4.78 is 15.7. The maximum Gasteiger partial charge on any atom is 0.470 e. The Bertz CT molecular complexity index is 621. The summed E-state index contributed by atoms with van der Waals surface area (Å²) in [6, 6.07) is 16.5. The number of carbonyl (C=O) groups excluding carboxylic acids is 1. The predicted molar refractivity (Wildman–Crippen MR) is 73.1 cm³/mol. The molecule has 0 aliphatic rings. The standard InChI is InChI=1S/C14H13O5P/c15-13(11-7-3-1-4-8-11)14(19-20(16,17)18)12-9-5-2-6-10-12/h1-10,14H,(H2,16,17,18)/t14-/m1/s1. The Morgan fingerprint density at radius 2 is 1.45 bits per heavy atom. The van der Waals surface area contributed by atoms with Gasteiger partial charge in [-0.3, -0.25) is 9.32 Å². The topological polar surface area (TPSA) is 83.8 Å². The van der Waals surface area contributed by atoms with Gasteiger partial charge in [0, 0.05) is 5.56 Å². The maximum atomic E-state index is 12.4. The lowest BCUT2D eigenvalue weighted by Gasteiger charge is -2.17. The fourth-order valence-electron chi connectivity index (χ4n) is 1.78. The third kappa shape index (κ3) is 3.85. The second kappa shape index (κ2) is 6.11. The summed E-state index contributed by atoms with van der Waals surface area (Å²) in [5.74, 6) is -0.500. The minimum absolute atomic E-state index is 0.329. The summed E-state index contributed by atoms with van der Waals surface area (Å²) in [5.41, 5.74) is 0.722. The second-order valence-electron chi connectivity index (χ2n) is 4.12. The van der Waals surface area contributed by atoms with Crippen molar-refractivity contribution in [3.8, 4) is 0 Å². The van der Waals surface area contributed by atoms with E-state index < -0.39 is 19.7 Å². The summed E-state index contributed by atoms with van der Waals surface area (Å²) in [6.07, 6.45) is -1.33. The fraction of sp³-hybridized carbons (Fsp3) is 0.0714. The number of Topliss-reactive ketones (excluding diaryl/α,β-unsaturated/α-hetero) is 1. The number of hydrogen-bond acceptors (Lipinski definition) is 3. The smallest absolute Gasteiger partial charge is 0.303 e. The molecule has 0 bridgehead atoms. The molecule has 0 aromatic heterocycles. The minimum atomic E-state index is -4.78. The molecule has 0 saturated heterocycles. The molecule has 2 rings (SSSR count). The van der Waals surface area contributed by atoms with Crippen molar-refractivity contribution in [1.82, 2.24) is 0 Å². The molecular formula is C14H13O5P. The monoisotopic (exact) mass is 292 g/mol. The highest BCUT2D eigenvalue weighted by Gasteiger charge is 2.30. The Morgan fingerprint density at radius 3 is 1.95 bits per heavy atom. The summed E-state index contributed by atoms with van der Waals surface area (Å²) in [7, 11) is -4.78. The first-order valence-electron chi connectivity index (χ1n) is 5.85. The Hall–Kier alpha value is -1.78.